The zero-order chi connectivity index (χ0) is 15.6. The Hall–Kier alpha value is -2.13. The highest BCUT2D eigenvalue weighted by Crippen LogP contribution is 2.30. The fourth-order valence-electron chi connectivity index (χ4n) is 1.23. The molecular weight excluding hydrogens is 281 g/mol. The molecule has 0 bridgehead atoms. The molecule has 1 aromatic heterocycles. The van der Waals surface area contributed by atoms with Crippen LogP contribution in [0.2, 0.25) is 0 Å². The number of nitrogens with one attached hydrogen (secondary N) is 1. The van der Waals surface area contributed by atoms with E-state index in [1.54, 1.807) is 0 Å². The summed E-state index contributed by atoms with van der Waals surface area (Å²) in [5, 5.41) is 12.5. The van der Waals surface area contributed by atoms with Crippen LogP contribution in [-0.4, -0.2) is 38.5 Å². The van der Waals surface area contributed by atoms with E-state index in [9.17, 15) is 28.1 Å². The number of aromatic nitrogens is 2. The first-order chi connectivity index (χ1) is 9.04. The maximum Gasteiger partial charge on any atom is 0.435 e. The molecule has 1 unspecified atom stereocenters. The monoisotopic (exact) mass is 294 g/mol. The van der Waals surface area contributed by atoms with Crippen molar-refractivity contribution in [2.75, 3.05) is 6.54 Å². The van der Waals surface area contributed by atoms with Gasteiger partial charge in [-0.05, 0) is 11.8 Å². The van der Waals surface area contributed by atoms with Crippen LogP contribution in [0.25, 0.3) is 0 Å². The second-order valence-electron chi connectivity index (χ2n) is 4.47. The summed E-state index contributed by atoms with van der Waals surface area (Å²) in [7, 11) is 0. The summed E-state index contributed by atoms with van der Waals surface area (Å²) in [4.78, 5) is 24.6. The Morgan fingerprint density at radius 3 is 2.60 bits per heavy atom. The lowest BCUT2D eigenvalue weighted by Crippen LogP contribution is -2.49. The van der Waals surface area contributed by atoms with E-state index in [1.165, 1.54) is 6.20 Å². The van der Waals surface area contributed by atoms with Gasteiger partial charge in [-0.2, -0.15) is 0 Å². The molecule has 1 aromatic rings. The SMILES string of the molecule is CC(F)(F)C(C)(F)CNC(=O)Cn1ccnc1[N+](=O)[O-]. The topological polar surface area (TPSA) is 90.1 Å². The molecule has 0 spiro atoms. The Bertz CT molecular complexity index is 510. The summed E-state index contributed by atoms with van der Waals surface area (Å²) in [6.45, 7) is -0.355. The van der Waals surface area contributed by atoms with Gasteiger partial charge in [0.15, 0.2) is 12.2 Å². The molecule has 0 aliphatic heterocycles. The lowest BCUT2D eigenvalue weighted by Gasteiger charge is -2.27. The fraction of sp³-hybridized carbons (Fsp3) is 0.600. The first-order valence-electron chi connectivity index (χ1n) is 5.53. The molecule has 0 aliphatic rings. The lowest BCUT2D eigenvalue weighted by atomic mass is 10.0. The number of nitro groups is 1. The van der Waals surface area contributed by atoms with Crippen LogP contribution >= 0.6 is 0 Å². The van der Waals surface area contributed by atoms with E-state index >= 15 is 0 Å². The van der Waals surface area contributed by atoms with E-state index in [-0.39, 0.29) is 0 Å². The zero-order valence-electron chi connectivity index (χ0n) is 10.8. The van der Waals surface area contributed by atoms with E-state index in [1.807, 2.05) is 5.32 Å². The van der Waals surface area contributed by atoms with Gasteiger partial charge >= 0.3 is 5.95 Å². The van der Waals surface area contributed by atoms with Gasteiger partial charge in [-0.15, -0.1) is 0 Å². The van der Waals surface area contributed by atoms with Crippen LogP contribution in [-0.2, 0) is 11.3 Å². The van der Waals surface area contributed by atoms with E-state index in [2.05, 4.69) is 4.98 Å². The number of alkyl halides is 3. The molecule has 112 valence electrons. The van der Waals surface area contributed by atoms with Crippen LogP contribution in [0.15, 0.2) is 12.4 Å². The third kappa shape index (κ3) is 3.68. The molecule has 7 nitrogen and oxygen atoms in total. The van der Waals surface area contributed by atoms with Crippen molar-refractivity contribution in [3.63, 3.8) is 0 Å². The van der Waals surface area contributed by atoms with Crippen molar-refractivity contribution in [1.82, 2.24) is 14.9 Å². The minimum atomic E-state index is -3.62. The molecule has 1 heterocycles. The molecule has 0 saturated heterocycles. The number of halogens is 3. The molecule has 1 N–H and O–H groups in total. The summed E-state index contributed by atoms with van der Waals surface area (Å²) in [6.07, 6.45) is 2.30. The zero-order valence-corrected chi connectivity index (χ0v) is 10.8. The number of amides is 1. The highest BCUT2D eigenvalue weighted by atomic mass is 19.3. The summed E-state index contributed by atoms with van der Waals surface area (Å²) in [5.74, 6) is -5.02. The Kier molecular flexibility index (Phi) is 4.36. The van der Waals surface area contributed by atoms with E-state index in [0.29, 0.717) is 13.8 Å². The first kappa shape index (κ1) is 15.9. The first-order valence-corrected chi connectivity index (χ1v) is 5.53. The third-order valence-corrected chi connectivity index (χ3v) is 2.70. The Labute approximate surface area is 111 Å². The third-order valence-electron chi connectivity index (χ3n) is 2.70. The second kappa shape index (κ2) is 5.47. The van der Waals surface area contributed by atoms with Crippen LogP contribution in [0.4, 0.5) is 19.1 Å². The van der Waals surface area contributed by atoms with Crippen molar-refractivity contribution in [2.45, 2.75) is 32.0 Å². The number of hydrogen-bond acceptors (Lipinski definition) is 4. The largest absolute Gasteiger partial charge is 0.435 e. The summed E-state index contributed by atoms with van der Waals surface area (Å²) in [6, 6.07) is 0. The van der Waals surface area contributed by atoms with Gasteiger partial charge in [0.05, 0.1) is 6.54 Å². The Morgan fingerprint density at radius 2 is 2.10 bits per heavy atom. The van der Waals surface area contributed by atoms with E-state index < -0.39 is 41.5 Å². The predicted molar refractivity (Wildman–Crippen MR) is 62.0 cm³/mol. The van der Waals surface area contributed by atoms with Crippen LogP contribution in [0, 0.1) is 10.1 Å². The molecular formula is C10H13F3N4O3. The van der Waals surface area contributed by atoms with Crippen molar-refractivity contribution >= 4 is 11.9 Å². The van der Waals surface area contributed by atoms with Crippen molar-refractivity contribution in [3.05, 3.63) is 22.5 Å². The van der Waals surface area contributed by atoms with E-state index in [4.69, 9.17) is 0 Å². The minimum Gasteiger partial charge on any atom is -0.390 e. The Morgan fingerprint density at radius 1 is 1.50 bits per heavy atom. The average Bonchev–Trinajstić information content (AvgIpc) is 2.73. The van der Waals surface area contributed by atoms with Crippen molar-refractivity contribution in [1.29, 1.82) is 0 Å². The van der Waals surface area contributed by atoms with Gasteiger partial charge in [-0.1, -0.05) is 4.98 Å². The molecule has 1 rings (SSSR count). The summed E-state index contributed by atoms with van der Waals surface area (Å²) in [5.41, 5.74) is -2.91. The fourth-order valence-corrected chi connectivity index (χ4v) is 1.23. The van der Waals surface area contributed by atoms with Gasteiger partial charge in [-0.3, -0.25) is 4.79 Å². The number of carbonyl (C=O) groups is 1. The van der Waals surface area contributed by atoms with Crippen molar-refractivity contribution in [2.24, 2.45) is 0 Å². The maximum absolute atomic E-state index is 13.6. The number of hydrogen-bond donors (Lipinski definition) is 1. The van der Waals surface area contributed by atoms with Crippen LogP contribution in [0.3, 0.4) is 0 Å². The molecule has 10 heteroatoms. The van der Waals surface area contributed by atoms with Gasteiger partial charge < -0.3 is 15.4 Å². The van der Waals surface area contributed by atoms with Gasteiger partial charge in [0.2, 0.25) is 0 Å². The Balaban J connectivity index is 2.61. The van der Waals surface area contributed by atoms with Crippen LogP contribution < -0.4 is 5.32 Å². The molecule has 0 aliphatic carbocycles. The number of rotatable bonds is 6. The maximum atomic E-state index is 13.6. The lowest BCUT2D eigenvalue weighted by molar-refractivity contribution is -0.396. The highest BCUT2D eigenvalue weighted by Gasteiger charge is 2.46. The van der Waals surface area contributed by atoms with Crippen LogP contribution in [0.1, 0.15) is 13.8 Å². The molecule has 0 aromatic carbocycles. The molecule has 0 radical (unpaired) electrons. The number of carbonyl (C=O) groups excluding carboxylic acids is 1. The van der Waals surface area contributed by atoms with Gasteiger partial charge in [-0.25, -0.2) is 17.7 Å². The smallest absolute Gasteiger partial charge is 0.390 e. The highest BCUT2D eigenvalue weighted by molar-refractivity contribution is 5.76. The van der Waals surface area contributed by atoms with Gasteiger partial charge in [0.25, 0.3) is 11.8 Å². The summed E-state index contributed by atoms with van der Waals surface area (Å²) >= 11 is 0. The average molecular weight is 294 g/mol. The molecule has 0 saturated carbocycles. The predicted octanol–water partition coefficient (Wildman–Crippen LogP) is 1.29. The molecule has 0 fully saturated rings. The molecule has 20 heavy (non-hydrogen) atoms. The number of imidazole rings is 1. The van der Waals surface area contributed by atoms with Gasteiger partial charge in [0, 0.05) is 6.92 Å². The van der Waals surface area contributed by atoms with Crippen molar-refractivity contribution in [3.8, 4) is 0 Å². The second-order valence-corrected chi connectivity index (χ2v) is 4.47. The minimum absolute atomic E-state index is 0.403. The normalized spacial score (nSPS) is 14.7. The molecule has 1 amide bonds. The quantitative estimate of drug-likeness (QED) is 0.632. The van der Waals surface area contributed by atoms with Crippen LogP contribution in [0.5, 0.6) is 0 Å². The van der Waals surface area contributed by atoms with Crippen molar-refractivity contribution < 1.29 is 22.9 Å². The number of nitrogens with zero attached hydrogens (tertiary/aromatic N) is 3. The van der Waals surface area contributed by atoms with Gasteiger partial charge in [0.1, 0.15) is 12.4 Å². The molecule has 1 atom stereocenters. The van der Waals surface area contributed by atoms with E-state index in [0.717, 1.165) is 10.8 Å². The standard InChI is InChI=1S/C10H13F3N4O3/c1-9(11,10(2,12)13)6-15-7(18)5-16-4-3-14-8(16)17(19)20/h3-4H,5-6H2,1-2H3,(H,15,18). The summed E-state index contributed by atoms with van der Waals surface area (Å²) < 4.78 is 40.2.